The monoisotopic (exact) mass is 313 g/mol. The van der Waals surface area contributed by atoms with E-state index in [9.17, 15) is 0 Å². The second-order valence-corrected chi connectivity index (χ2v) is 6.27. The van der Waals surface area contributed by atoms with E-state index >= 15 is 0 Å². The SMILES string of the molecule is NC(=S)Cc1ccc(OCc2csc3ccccc23)cc1. The Kier molecular flexibility index (Phi) is 4.18. The van der Waals surface area contributed by atoms with E-state index in [0.717, 1.165) is 11.3 Å². The molecule has 0 atom stereocenters. The maximum absolute atomic E-state index is 5.86. The van der Waals surface area contributed by atoms with Crippen molar-refractivity contribution in [1.82, 2.24) is 0 Å². The summed E-state index contributed by atoms with van der Waals surface area (Å²) in [5, 5.41) is 3.43. The van der Waals surface area contributed by atoms with Crippen LogP contribution in [0.3, 0.4) is 0 Å². The third kappa shape index (κ3) is 3.40. The normalized spacial score (nSPS) is 10.7. The Morgan fingerprint density at radius 1 is 1.10 bits per heavy atom. The smallest absolute Gasteiger partial charge is 0.119 e. The molecule has 0 amide bonds. The maximum Gasteiger partial charge on any atom is 0.119 e. The van der Waals surface area contributed by atoms with Gasteiger partial charge in [-0.2, -0.15) is 0 Å². The Hall–Kier alpha value is -1.91. The lowest BCUT2D eigenvalue weighted by atomic mass is 10.1. The minimum absolute atomic E-state index is 0.508. The predicted molar refractivity (Wildman–Crippen MR) is 93.1 cm³/mol. The van der Waals surface area contributed by atoms with Crippen LogP contribution in [0.2, 0.25) is 0 Å². The molecule has 4 heteroatoms. The third-order valence-electron chi connectivity index (χ3n) is 3.26. The number of fused-ring (bicyclic) bond motifs is 1. The highest BCUT2D eigenvalue weighted by Crippen LogP contribution is 2.26. The Bertz CT molecular complexity index is 762. The molecule has 0 spiro atoms. The van der Waals surface area contributed by atoms with Crippen molar-refractivity contribution >= 4 is 38.6 Å². The first kappa shape index (κ1) is 14.0. The molecular weight excluding hydrogens is 298 g/mol. The molecule has 3 rings (SSSR count). The minimum atomic E-state index is 0.508. The van der Waals surface area contributed by atoms with Gasteiger partial charge in [0.15, 0.2) is 0 Å². The van der Waals surface area contributed by atoms with Crippen LogP contribution in [0.15, 0.2) is 53.9 Å². The van der Waals surface area contributed by atoms with Crippen molar-refractivity contribution in [2.24, 2.45) is 5.73 Å². The molecule has 0 saturated carbocycles. The fourth-order valence-electron chi connectivity index (χ4n) is 2.21. The lowest BCUT2D eigenvalue weighted by Gasteiger charge is -2.06. The van der Waals surface area contributed by atoms with Gasteiger partial charge in [-0.05, 0) is 34.5 Å². The van der Waals surface area contributed by atoms with Gasteiger partial charge in [0.1, 0.15) is 12.4 Å². The summed E-state index contributed by atoms with van der Waals surface area (Å²) in [6.07, 6.45) is 0.630. The number of rotatable bonds is 5. The van der Waals surface area contributed by atoms with E-state index in [2.05, 4.69) is 29.6 Å². The molecule has 1 heterocycles. The molecule has 2 N–H and O–H groups in total. The molecule has 21 heavy (non-hydrogen) atoms. The molecule has 0 aliphatic carbocycles. The van der Waals surface area contributed by atoms with Gasteiger partial charge < -0.3 is 10.5 Å². The van der Waals surface area contributed by atoms with Gasteiger partial charge in [0.2, 0.25) is 0 Å². The van der Waals surface area contributed by atoms with E-state index < -0.39 is 0 Å². The van der Waals surface area contributed by atoms with Crippen LogP contribution in [0.4, 0.5) is 0 Å². The van der Waals surface area contributed by atoms with Gasteiger partial charge in [0.05, 0.1) is 4.99 Å². The van der Waals surface area contributed by atoms with Gasteiger partial charge in [0.25, 0.3) is 0 Å². The van der Waals surface area contributed by atoms with Crippen molar-refractivity contribution in [1.29, 1.82) is 0 Å². The molecule has 0 unspecified atom stereocenters. The molecule has 0 aliphatic heterocycles. The molecule has 0 bridgehead atoms. The zero-order valence-electron chi connectivity index (χ0n) is 11.4. The highest BCUT2D eigenvalue weighted by Gasteiger charge is 2.04. The summed E-state index contributed by atoms with van der Waals surface area (Å²) in [5.74, 6) is 0.858. The first-order valence-electron chi connectivity index (χ1n) is 6.67. The van der Waals surface area contributed by atoms with Gasteiger partial charge in [-0.15, -0.1) is 11.3 Å². The Balaban J connectivity index is 1.68. The summed E-state index contributed by atoms with van der Waals surface area (Å²) in [7, 11) is 0. The van der Waals surface area contributed by atoms with E-state index in [1.807, 2.05) is 24.3 Å². The van der Waals surface area contributed by atoms with E-state index in [0.29, 0.717) is 18.0 Å². The second kappa shape index (κ2) is 6.24. The molecule has 0 fully saturated rings. The van der Waals surface area contributed by atoms with Gasteiger partial charge >= 0.3 is 0 Å². The third-order valence-corrected chi connectivity index (χ3v) is 4.41. The van der Waals surface area contributed by atoms with Crippen LogP contribution in [0.1, 0.15) is 11.1 Å². The number of thiocarbonyl (C=S) groups is 1. The Morgan fingerprint density at radius 3 is 2.62 bits per heavy atom. The molecule has 2 nitrogen and oxygen atoms in total. The number of thiophene rings is 1. The second-order valence-electron chi connectivity index (χ2n) is 4.83. The Labute approximate surface area is 133 Å². The maximum atomic E-state index is 5.86. The number of hydrogen-bond donors (Lipinski definition) is 1. The molecule has 2 aromatic carbocycles. The van der Waals surface area contributed by atoms with Gasteiger partial charge in [-0.1, -0.05) is 42.5 Å². The summed E-state index contributed by atoms with van der Waals surface area (Å²) in [4.78, 5) is 0.508. The van der Waals surface area contributed by atoms with Gasteiger partial charge in [-0.3, -0.25) is 0 Å². The average molecular weight is 313 g/mol. The van der Waals surface area contributed by atoms with Crippen molar-refractivity contribution in [2.45, 2.75) is 13.0 Å². The predicted octanol–water partition coefficient (Wildman–Crippen LogP) is 4.31. The molecule has 0 aliphatic rings. The van der Waals surface area contributed by atoms with E-state index in [1.54, 1.807) is 11.3 Å². The van der Waals surface area contributed by atoms with Crippen LogP contribution in [0, 0.1) is 0 Å². The summed E-state index contributed by atoms with van der Waals surface area (Å²) < 4.78 is 7.16. The summed E-state index contributed by atoms with van der Waals surface area (Å²) in [5.41, 5.74) is 7.87. The van der Waals surface area contributed by atoms with Crippen molar-refractivity contribution in [3.63, 3.8) is 0 Å². The topological polar surface area (TPSA) is 35.2 Å². The summed E-state index contributed by atoms with van der Waals surface area (Å²) in [6, 6.07) is 16.3. The van der Waals surface area contributed by atoms with Crippen molar-refractivity contribution in [3.8, 4) is 5.75 Å². The number of ether oxygens (including phenoxy) is 1. The molecule has 1 aromatic heterocycles. The highest BCUT2D eigenvalue weighted by atomic mass is 32.1. The lowest BCUT2D eigenvalue weighted by molar-refractivity contribution is 0.308. The zero-order valence-corrected chi connectivity index (χ0v) is 13.0. The van der Waals surface area contributed by atoms with Crippen LogP contribution in [-0.2, 0) is 13.0 Å². The van der Waals surface area contributed by atoms with Crippen molar-refractivity contribution < 1.29 is 4.74 Å². The van der Waals surface area contributed by atoms with Gasteiger partial charge in [-0.25, -0.2) is 0 Å². The first-order valence-corrected chi connectivity index (χ1v) is 7.96. The van der Waals surface area contributed by atoms with Crippen LogP contribution in [-0.4, -0.2) is 4.99 Å². The fraction of sp³-hybridized carbons (Fsp3) is 0.118. The summed E-state index contributed by atoms with van der Waals surface area (Å²) in [6.45, 7) is 0.582. The van der Waals surface area contributed by atoms with Crippen LogP contribution in [0.5, 0.6) is 5.75 Å². The number of hydrogen-bond acceptors (Lipinski definition) is 3. The molecule has 106 valence electrons. The molecule has 0 radical (unpaired) electrons. The average Bonchev–Trinajstić information content (AvgIpc) is 2.89. The summed E-state index contributed by atoms with van der Waals surface area (Å²) >= 11 is 6.66. The number of nitrogens with two attached hydrogens (primary N) is 1. The molecule has 0 saturated heterocycles. The van der Waals surface area contributed by atoms with Crippen molar-refractivity contribution in [3.05, 3.63) is 65.0 Å². The zero-order chi connectivity index (χ0) is 14.7. The number of benzene rings is 2. The van der Waals surface area contributed by atoms with Crippen LogP contribution in [0.25, 0.3) is 10.1 Å². The van der Waals surface area contributed by atoms with E-state index in [4.69, 9.17) is 22.7 Å². The van der Waals surface area contributed by atoms with Crippen LogP contribution >= 0.6 is 23.6 Å². The Morgan fingerprint density at radius 2 is 1.86 bits per heavy atom. The quantitative estimate of drug-likeness (QED) is 0.713. The van der Waals surface area contributed by atoms with Gasteiger partial charge in [0, 0.05) is 16.7 Å². The first-order chi connectivity index (χ1) is 10.2. The largest absolute Gasteiger partial charge is 0.489 e. The molecule has 3 aromatic rings. The van der Waals surface area contributed by atoms with Crippen LogP contribution < -0.4 is 10.5 Å². The fourth-order valence-corrected chi connectivity index (χ4v) is 3.32. The standard InChI is InChI=1S/C17H15NOS2/c18-17(20)9-12-5-7-14(8-6-12)19-10-13-11-21-16-4-2-1-3-15(13)16/h1-8,11H,9-10H2,(H2,18,20). The van der Waals surface area contributed by atoms with Crippen molar-refractivity contribution in [2.75, 3.05) is 0 Å². The lowest BCUT2D eigenvalue weighted by Crippen LogP contribution is -2.10. The van der Waals surface area contributed by atoms with E-state index in [-0.39, 0.29) is 0 Å². The highest BCUT2D eigenvalue weighted by molar-refractivity contribution is 7.80. The van der Waals surface area contributed by atoms with E-state index in [1.165, 1.54) is 15.6 Å². The molecular formula is C17H15NOS2. The minimum Gasteiger partial charge on any atom is -0.489 e.